The normalized spacial score (nSPS) is 22.8. The number of carbonyl (C=O) groups is 1. The van der Waals surface area contributed by atoms with Gasteiger partial charge in [0.1, 0.15) is 5.82 Å². The lowest BCUT2D eigenvalue weighted by molar-refractivity contribution is -0.0102. The highest BCUT2D eigenvalue weighted by atomic mass is 19.3. The molecule has 6 heteroatoms. The number of halogens is 2. The topological polar surface area (TPSA) is 45.2 Å². The van der Waals surface area contributed by atoms with Gasteiger partial charge in [0, 0.05) is 49.3 Å². The van der Waals surface area contributed by atoms with E-state index in [2.05, 4.69) is 35.1 Å². The largest absolute Gasteiger partial charge is 0.356 e. The molecule has 0 bridgehead atoms. The number of aromatic nitrogens is 1. The average Bonchev–Trinajstić information content (AvgIpc) is 3.53. The zero-order valence-corrected chi connectivity index (χ0v) is 19.1. The van der Waals surface area contributed by atoms with Crippen molar-refractivity contribution < 1.29 is 13.6 Å². The lowest BCUT2D eigenvalue weighted by atomic mass is 9.95. The molecule has 1 atom stereocenters. The fourth-order valence-electron chi connectivity index (χ4n) is 4.44. The van der Waals surface area contributed by atoms with Gasteiger partial charge in [0.2, 0.25) is 5.92 Å². The summed E-state index contributed by atoms with van der Waals surface area (Å²) in [6, 6.07) is 0. The van der Waals surface area contributed by atoms with Crippen molar-refractivity contribution in [2.24, 2.45) is 11.8 Å². The molecule has 170 valence electrons. The van der Waals surface area contributed by atoms with Crippen LogP contribution in [0.3, 0.4) is 0 Å². The van der Waals surface area contributed by atoms with Crippen LogP contribution in [0.1, 0.15) is 73.9 Å². The second kappa shape index (κ2) is 9.05. The maximum absolute atomic E-state index is 14.0. The summed E-state index contributed by atoms with van der Waals surface area (Å²) in [6.07, 6.45) is 8.85. The molecule has 1 aliphatic heterocycles. The van der Waals surface area contributed by atoms with Crippen LogP contribution in [0.15, 0.2) is 29.6 Å². The Kier molecular flexibility index (Phi) is 6.37. The van der Waals surface area contributed by atoms with Crippen LogP contribution >= 0.6 is 0 Å². The molecule has 1 aromatic rings. The lowest BCUT2D eigenvalue weighted by Gasteiger charge is -2.26. The van der Waals surface area contributed by atoms with Crippen LogP contribution in [-0.4, -0.2) is 29.9 Å². The van der Waals surface area contributed by atoms with Crippen LogP contribution in [0.25, 0.3) is 0 Å². The molecule has 2 aliphatic carbocycles. The zero-order valence-electron chi connectivity index (χ0n) is 19.1. The Morgan fingerprint density at radius 3 is 2.75 bits per heavy atom. The van der Waals surface area contributed by atoms with Gasteiger partial charge in [0.15, 0.2) is 0 Å². The third kappa shape index (κ3) is 5.38. The molecule has 1 saturated heterocycles. The summed E-state index contributed by atoms with van der Waals surface area (Å²) in [6.45, 7) is 6.65. The van der Waals surface area contributed by atoms with Gasteiger partial charge in [-0.05, 0) is 57.1 Å². The van der Waals surface area contributed by atoms with Crippen LogP contribution in [-0.2, 0) is 0 Å². The van der Waals surface area contributed by atoms with Crippen LogP contribution in [0.4, 0.5) is 14.6 Å². The monoisotopic (exact) mass is 439 g/mol. The molecule has 3 aliphatic rings. The Labute approximate surface area is 189 Å². The molecule has 0 radical (unpaired) electrons. The van der Waals surface area contributed by atoms with Gasteiger partial charge in [-0.1, -0.05) is 30.4 Å². The fraction of sp³-hybridized carbons (Fsp3) is 0.538. The molecule has 1 unspecified atom stereocenters. The van der Waals surface area contributed by atoms with E-state index in [9.17, 15) is 13.6 Å². The molecule has 1 aromatic heterocycles. The van der Waals surface area contributed by atoms with E-state index in [-0.39, 0.29) is 25.3 Å². The first-order chi connectivity index (χ1) is 15.2. The molecule has 1 saturated carbocycles. The summed E-state index contributed by atoms with van der Waals surface area (Å²) in [7, 11) is 0. The maximum atomic E-state index is 14.0. The predicted octanol–water partition coefficient (Wildman–Crippen LogP) is 5.38. The van der Waals surface area contributed by atoms with Gasteiger partial charge < -0.3 is 10.2 Å². The van der Waals surface area contributed by atoms with Crippen molar-refractivity contribution in [2.45, 2.75) is 65.2 Å². The number of nitrogens with one attached hydrogen (secondary N) is 1. The van der Waals surface area contributed by atoms with Crippen LogP contribution in [0.5, 0.6) is 0 Å². The molecule has 2 heterocycles. The second-order valence-electron chi connectivity index (χ2n) is 9.45. The molecule has 0 aromatic carbocycles. The highest BCUT2D eigenvalue weighted by Crippen LogP contribution is 2.33. The van der Waals surface area contributed by atoms with Crippen LogP contribution in [0, 0.1) is 30.6 Å². The third-order valence-electron chi connectivity index (χ3n) is 6.32. The third-order valence-corrected chi connectivity index (χ3v) is 6.32. The first-order valence-corrected chi connectivity index (χ1v) is 11.6. The molecule has 1 N–H and O–H groups in total. The number of carbonyl (C=O) groups excluding carboxylic acids is 1. The van der Waals surface area contributed by atoms with Gasteiger partial charge in [-0.25, -0.2) is 13.8 Å². The molecule has 1 amide bonds. The Morgan fingerprint density at radius 2 is 2.03 bits per heavy atom. The molecule has 4 rings (SSSR count). The molecule has 4 nitrogen and oxygen atoms in total. The Hall–Kier alpha value is -2.68. The number of anilines is 1. The number of rotatable bonds is 3. The van der Waals surface area contributed by atoms with E-state index in [0.717, 1.165) is 41.7 Å². The zero-order chi connectivity index (χ0) is 22.9. The summed E-state index contributed by atoms with van der Waals surface area (Å²) in [5.74, 6) is 4.77. The van der Waals surface area contributed by atoms with Crippen LogP contribution in [0.2, 0.25) is 0 Å². The summed E-state index contributed by atoms with van der Waals surface area (Å²) in [4.78, 5) is 19.9. The van der Waals surface area contributed by atoms with Gasteiger partial charge >= 0.3 is 0 Å². The molecule has 2 fully saturated rings. The average molecular weight is 440 g/mol. The summed E-state index contributed by atoms with van der Waals surface area (Å²) < 4.78 is 27.9. The summed E-state index contributed by atoms with van der Waals surface area (Å²) >= 11 is 0. The quantitative estimate of drug-likeness (QED) is 0.644. The van der Waals surface area contributed by atoms with Gasteiger partial charge in [0.05, 0.1) is 5.56 Å². The minimum Gasteiger partial charge on any atom is -0.356 e. The van der Waals surface area contributed by atoms with Crippen molar-refractivity contribution in [3.63, 3.8) is 0 Å². The number of nitrogens with zero attached hydrogens (tertiary/aromatic N) is 2. The van der Waals surface area contributed by atoms with E-state index in [1.807, 2.05) is 24.8 Å². The maximum Gasteiger partial charge on any atom is 0.259 e. The van der Waals surface area contributed by atoms with Crippen molar-refractivity contribution in [3.8, 4) is 11.8 Å². The minimum absolute atomic E-state index is 0.134. The summed E-state index contributed by atoms with van der Waals surface area (Å²) in [5, 5.41) is 3.07. The Morgan fingerprint density at radius 1 is 1.25 bits per heavy atom. The van der Waals surface area contributed by atoms with Gasteiger partial charge in [-0.15, -0.1) is 0 Å². The molecule has 0 spiro atoms. The number of alkyl halides is 2. The predicted molar refractivity (Wildman–Crippen MR) is 123 cm³/mol. The first kappa shape index (κ1) is 22.5. The van der Waals surface area contributed by atoms with Crippen LogP contribution < -0.4 is 10.2 Å². The number of pyridine rings is 1. The van der Waals surface area contributed by atoms with E-state index < -0.39 is 5.92 Å². The highest BCUT2D eigenvalue weighted by Gasteiger charge is 2.33. The number of allylic oxidation sites excluding steroid dienone is 4. The van der Waals surface area contributed by atoms with E-state index >= 15 is 0 Å². The highest BCUT2D eigenvalue weighted by molar-refractivity contribution is 6.01. The second-order valence-corrected chi connectivity index (χ2v) is 9.45. The van der Waals surface area contributed by atoms with Crippen molar-refractivity contribution in [3.05, 3.63) is 46.3 Å². The molecular weight excluding hydrogens is 408 g/mol. The van der Waals surface area contributed by atoms with Crippen molar-refractivity contribution in [1.29, 1.82) is 0 Å². The SMILES string of the molecule is CC1=CC(C)CC(NC(=O)c2c(N3CCCC(F)(F)CC3)ncc(C#CC3CC3)c2C)=C1. The van der Waals surface area contributed by atoms with Crippen molar-refractivity contribution in [1.82, 2.24) is 10.3 Å². The standard InChI is InChI=1S/C26H31F2N3O/c1-17-13-18(2)15-22(14-17)30-25(32)23-19(3)21(8-7-20-5-6-20)16-29-24(23)31-11-4-9-26(27,28)10-12-31/h13-14,16,18,20H,4-6,9-12,15H2,1-3H3,(H,30,32). The summed E-state index contributed by atoms with van der Waals surface area (Å²) in [5.41, 5.74) is 3.91. The number of amides is 1. The van der Waals surface area contributed by atoms with Gasteiger partial charge in [-0.3, -0.25) is 4.79 Å². The minimum atomic E-state index is -2.67. The fourth-order valence-corrected chi connectivity index (χ4v) is 4.44. The van der Waals surface area contributed by atoms with Crippen molar-refractivity contribution in [2.75, 3.05) is 18.0 Å². The lowest BCUT2D eigenvalue weighted by Crippen LogP contribution is -2.32. The molecule has 32 heavy (non-hydrogen) atoms. The molecular formula is C26H31F2N3O. The van der Waals surface area contributed by atoms with Crippen molar-refractivity contribution >= 4 is 11.7 Å². The first-order valence-electron chi connectivity index (χ1n) is 11.6. The van der Waals surface area contributed by atoms with Gasteiger partial charge in [0.25, 0.3) is 5.91 Å². The van der Waals surface area contributed by atoms with Gasteiger partial charge in [-0.2, -0.15) is 0 Å². The number of hydrogen-bond donors (Lipinski definition) is 1. The van der Waals surface area contributed by atoms with E-state index in [4.69, 9.17) is 0 Å². The number of hydrogen-bond acceptors (Lipinski definition) is 3. The Bertz CT molecular complexity index is 1030. The Balaban J connectivity index is 1.68. The van der Waals surface area contributed by atoms with E-state index in [0.29, 0.717) is 36.2 Å². The van der Waals surface area contributed by atoms with E-state index in [1.165, 1.54) is 0 Å². The van der Waals surface area contributed by atoms with E-state index in [1.54, 1.807) is 6.20 Å². The smallest absolute Gasteiger partial charge is 0.259 e.